The van der Waals surface area contributed by atoms with Crippen LogP contribution in [-0.2, 0) is 6.54 Å². The number of carbonyl (C=O) groups is 1. The zero-order valence-corrected chi connectivity index (χ0v) is 13.8. The smallest absolute Gasteiger partial charge is 0.191 e. The van der Waals surface area contributed by atoms with Crippen molar-refractivity contribution >= 4 is 16.8 Å². The van der Waals surface area contributed by atoms with Crippen LogP contribution in [0.25, 0.3) is 11.0 Å². The van der Waals surface area contributed by atoms with Crippen molar-refractivity contribution in [3.63, 3.8) is 0 Å². The van der Waals surface area contributed by atoms with Crippen molar-refractivity contribution in [2.24, 2.45) is 0 Å². The van der Waals surface area contributed by atoms with Crippen molar-refractivity contribution in [2.75, 3.05) is 0 Å². The number of nitriles is 1. The molecule has 0 bridgehead atoms. The number of unbranched alkanes of at least 4 members (excludes halogenated alkanes) is 1. The third-order valence-corrected chi connectivity index (χ3v) is 4.02. The Morgan fingerprint density at radius 1 is 1.42 bits per heavy atom. The molecule has 0 saturated heterocycles. The number of fused-ring (bicyclic) bond motifs is 1. The first-order valence-corrected chi connectivity index (χ1v) is 8.06. The molecule has 6 nitrogen and oxygen atoms in total. The van der Waals surface area contributed by atoms with Gasteiger partial charge in [-0.3, -0.25) is 9.48 Å². The second-order valence-corrected chi connectivity index (χ2v) is 5.81. The van der Waals surface area contributed by atoms with Crippen LogP contribution in [0.1, 0.15) is 47.6 Å². The van der Waals surface area contributed by atoms with Crippen molar-refractivity contribution in [3.8, 4) is 6.07 Å². The number of para-hydroxylation sites is 2. The first-order chi connectivity index (χ1) is 11.6. The van der Waals surface area contributed by atoms with Gasteiger partial charge in [-0.25, -0.2) is 4.98 Å². The summed E-state index contributed by atoms with van der Waals surface area (Å²) in [5, 5.41) is 13.9. The lowest BCUT2D eigenvalue weighted by molar-refractivity contribution is 0.0976. The Bertz CT molecular complexity index is 882. The fraction of sp³-hybridized carbons (Fsp3) is 0.333. The number of Topliss-reactive ketones (excluding diaryl/α,β-unsaturated/α-hetero) is 1. The summed E-state index contributed by atoms with van der Waals surface area (Å²) >= 11 is 0. The molecule has 0 saturated carbocycles. The third-order valence-electron chi connectivity index (χ3n) is 4.02. The number of aromatic nitrogens is 4. The van der Waals surface area contributed by atoms with E-state index in [1.54, 1.807) is 17.8 Å². The number of benzene rings is 1. The molecule has 122 valence electrons. The van der Waals surface area contributed by atoms with Gasteiger partial charge in [-0.05, 0) is 25.5 Å². The Morgan fingerprint density at radius 3 is 2.92 bits per heavy atom. The predicted molar refractivity (Wildman–Crippen MR) is 90.7 cm³/mol. The number of hydrogen-bond acceptors (Lipinski definition) is 4. The minimum Gasteiger partial charge on any atom is -0.340 e. The molecule has 3 rings (SSSR count). The average Bonchev–Trinajstić information content (AvgIpc) is 3.16. The molecule has 0 unspecified atom stereocenters. The molecule has 0 aliphatic rings. The number of hydrogen-bond donors (Lipinski definition) is 1. The van der Waals surface area contributed by atoms with Crippen molar-refractivity contribution < 1.29 is 4.79 Å². The number of ketones is 1. The molecular weight excluding hydrogens is 302 g/mol. The van der Waals surface area contributed by atoms with E-state index in [4.69, 9.17) is 0 Å². The molecule has 0 amide bonds. The molecule has 1 aromatic carbocycles. The number of aryl methyl sites for hydroxylation is 2. The van der Waals surface area contributed by atoms with Crippen LogP contribution in [0.15, 0.2) is 30.5 Å². The highest BCUT2D eigenvalue weighted by atomic mass is 16.1. The van der Waals surface area contributed by atoms with Crippen LogP contribution in [0.2, 0.25) is 0 Å². The molecule has 24 heavy (non-hydrogen) atoms. The standard InChI is InChI=1S/C18H19N5O/c1-3-4-9-23-11-14(12(2)22-23)17(24)13(10-19)18-20-15-7-5-6-8-16(15)21-18/h5-8,11,13H,3-4,9H2,1-2H3,(H,20,21)/t13-/m0/s1. The van der Waals surface area contributed by atoms with Crippen LogP contribution >= 0.6 is 0 Å². The fourth-order valence-corrected chi connectivity index (χ4v) is 2.70. The molecule has 0 aliphatic heterocycles. The van der Waals surface area contributed by atoms with E-state index in [1.165, 1.54) is 0 Å². The van der Waals surface area contributed by atoms with Gasteiger partial charge in [0, 0.05) is 12.7 Å². The third kappa shape index (κ3) is 2.93. The second-order valence-electron chi connectivity index (χ2n) is 5.81. The summed E-state index contributed by atoms with van der Waals surface area (Å²) in [6.45, 7) is 4.67. The lowest BCUT2D eigenvalue weighted by atomic mass is 9.99. The first kappa shape index (κ1) is 15.9. The highest BCUT2D eigenvalue weighted by molar-refractivity contribution is 6.03. The van der Waals surface area contributed by atoms with Gasteiger partial charge in [-0.15, -0.1) is 0 Å². The Kier molecular flexibility index (Phi) is 4.43. The summed E-state index contributed by atoms with van der Waals surface area (Å²) in [5.41, 5.74) is 2.69. The van der Waals surface area contributed by atoms with Gasteiger partial charge < -0.3 is 4.98 Å². The first-order valence-electron chi connectivity index (χ1n) is 8.06. The van der Waals surface area contributed by atoms with Gasteiger partial charge in [0.05, 0.1) is 28.4 Å². The molecule has 0 spiro atoms. The molecule has 1 N–H and O–H groups in total. The van der Waals surface area contributed by atoms with Crippen LogP contribution < -0.4 is 0 Å². The summed E-state index contributed by atoms with van der Waals surface area (Å²) in [6, 6.07) is 9.56. The summed E-state index contributed by atoms with van der Waals surface area (Å²) in [4.78, 5) is 20.3. The topological polar surface area (TPSA) is 87.4 Å². The minimum absolute atomic E-state index is 0.267. The maximum atomic E-state index is 12.8. The van der Waals surface area contributed by atoms with Crippen molar-refractivity contribution in [1.82, 2.24) is 19.7 Å². The van der Waals surface area contributed by atoms with E-state index in [9.17, 15) is 10.1 Å². The Morgan fingerprint density at radius 2 is 2.21 bits per heavy atom. The monoisotopic (exact) mass is 321 g/mol. The molecule has 2 aromatic heterocycles. The number of nitrogens with zero attached hydrogens (tertiary/aromatic N) is 4. The van der Waals surface area contributed by atoms with E-state index in [-0.39, 0.29) is 5.78 Å². The van der Waals surface area contributed by atoms with E-state index in [1.807, 2.05) is 24.3 Å². The summed E-state index contributed by atoms with van der Waals surface area (Å²) < 4.78 is 1.78. The van der Waals surface area contributed by atoms with Gasteiger partial charge >= 0.3 is 0 Å². The molecule has 0 aliphatic carbocycles. The fourth-order valence-electron chi connectivity index (χ4n) is 2.70. The van der Waals surface area contributed by atoms with Crippen LogP contribution in [0.3, 0.4) is 0 Å². The van der Waals surface area contributed by atoms with Crippen LogP contribution in [0.4, 0.5) is 0 Å². The van der Waals surface area contributed by atoms with Gasteiger partial charge in [0.1, 0.15) is 5.82 Å². The van der Waals surface area contributed by atoms with Crippen molar-refractivity contribution in [1.29, 1.82) is 5.26 Å². The molecule has 3 aromatic rings. The highest BCUT2D eigenvalue weighted by Crippen LogP contribution is 2.22. The molecule has 6 heteroatoms. The summed E-state index contributed by atoms with van der Waals surface area (Å²) in [5.74, 6) is -0.846. The predicted octanol–water partition coefficient (Wildman–Crippen LogP) is 3.36. The van der Waals surface area contributed by atoms with Crippen molar-refractivity contribution in [3.05, 3.63) is 47.5 Å². The lowest BCUT2D eigenvalue weighted by Crippen LogP contribution is -2.13. The number of H-pyrrole nitrogens is 1. The van der Waals surface area contributed by atoms with Crippen LogP contribution in [0.5, 0.6) is 0 Å². The SMILES string of the molecule is CCCCn1cc(C(=O)[C@H](C#N)c2nc3ccccc3[nH]2)c(C)n1. The van der Waals surface area contributed by atoms with Crippen molar-refractivity contribution in [2.45, 2.75) is 39.2 Å². The molecule has 2 heterocycles. The maximum absolute atomic E-state index is 12.8. The van der Waals surface area contributed by atoms with Gasteiger partial charge in [-0.1, -0.05) is 25.5 Å². The van der Waals surface area contributed by atoms with Gasteiger partial charge in [0.25, 0.3) is 0 Å². The normalized spacial score (nSPS) is 12.2. The second kappa shape index (κ2) is 6.67. The summed E-state index contributed by atoms with van der Waals surface area (Å²) in [6.07, 6.45) is 3.79. The number of nitrogens with one attached hydrogen (secondary N) is 1. The number of imidazole rings is 1. The lowest BCUT2D eigenvalue weighted by Gasteiger charge is -2.03. The zero-order valence-electron chi connectivity index (χ0n) is 13.8. The number of aromatic amines is 1. The Hall–Kier alpha value is -2.94. The zero-order chi connectivity index (χ0) is 17.1. The average molecular weight is 321 g/mol. The quantitative estimate of drug-likeness (QED) is 0.705. The molecule has 0 radical (unpaired) electrons. The van der Waals surface area contributed by atoms with E-state index in [2.05, 4.69) is 28.1 Å². The minimum atomic E-state index is -0.958. The maximum Gasteiger partial charge on any atom is 0.191 e. The summed E-state index contributed by atoms with van der Waals surface area (Å²) in [7, 11) is 0. The Balaban J connectivity index is 1.92. The van der Waals surface area contributed by atoms with Gasteiger partial charge in [-0.2, -0.15) is 10.4 Å². The Labute approximate surface area is 140 Å². The molecule has 0 fully saturated rings. The van der Waals surface area contributed by atoms with Crippen LogP contribution in [-0.4, -0.2) is 25.5 Å². The number of carbonyl (C=O) groups excluding carboxylic acids is 1. The largest absolute Gasteiger partial charge is 0.340 e. The van der Waals surface area contributed by atoms with E-state index >= 15 is 0 Å². The molecule has 1 atom stereocenters. The molecular formula is C18H19N5O. The van der Waals surface area contributed by atoms with E-state index in [0.717, 1.165) is 30.4 Å². The highest BCUT2D eigenvalue weighted by Gasteiger charge is 2.27. The number of rotatable bonds is 6. The van der Waals surface area contributed by atoms with Crippen LogP contribution in [0, 0.1) is 18.3 Å². The van der Waals surface area contributed by atoms with Gasteiger partial charge in [0.2, 0.25) is 0 Å². The van der Waals surface area contributed by atoms with E-state index < -0.39 is 5.92 Å². The van der Waals surface area contributed by atoms with E-state index in [0.29, 0.717) is 17.1 Å². The van der Waals surface area contributed by atoms with Gasteiger partial charge in [0.15, 0.2) is 11.7 Å².